The molecule has 4 aromatic rings. The molecule has 1 unspecified atom stereocenters. The second kappa shape index (κ2) is 9.10. The van der Waals surface area contributed by atoms with E-state index in [0.29, 0.717) is 16.9 Å². The zero-order valence-electron chi connectivity index (χ0n) is 20.1. The van der Waals surface area contributed by atoms with Gasteiger partial charge in [-0.3, -0.25) is 4.79 Å². The van der Waals surface area contributed by atoms with Crippen molar-refractivity contribution in [3.8, 4) is 17.3 Å². The molecule has 1 aliphatic heterocycles. The minimum atomic E-state index is -4.87. The van der Waals surface area contributed by atoms with E-state index < -0.39 is 36.0 Å². The van der Waals surface area contributed by atoms with Crippen molar-refractivity contribution in [3.63, 3.8) is 0 Å². The van der Waals surface area contributed by atoms with Crippen molar-refractivity contribution in [1.29, 1.82) is 0 Å². The molecule has 4 heterocycles. The fourth-order valence-electron chi connectivity index (χ4n) is 4.52. The molecular weight excluding hydrogens is 532 g/mol. The third-order valence-electron chi connectivity index (χ3n) is 6.33. The third kappa shape index (κ3) is 5.03. The van der Waals surface area contributed by atoms with Gasteiger partial charge in [0, 0.05) is 25.0 Å². The number of halogens is 6. The highest BCUT2D eigenvalue weighted by atomic mass is 19.4. The minimum Gasteiger partial charge on any atom is -0.406 e. The number of nitrogens with one attached hydrogen (secondary N) is 1. The topological polar surface area (TPSA) is 120 Å². The summed E-state index contributed by atoms with van der Waals surface area (Å²) in [6, 6.07) is 4.78. The lowest BCUT2D eigenvalue weighted by molar-refractivity contribution is -0.274. The predicted molar refractivity (Wildman–Crippen MR) is 126 cm³/mol. The maximum absolute atomic E-state index is 13.1. The molecule has 0 spiro atoms. The number of aromatic nitrogens is 5. The van der Waals surface area contributed by atoms with E-state index in [0.717, 1.165) is 12.1 Å². The van der Waals surface area contributed by atoms with Gasteiger partial charge in [-0.05, 0) is 37.5 Å². The first-order valence-corrected chi connectivity index (χ1v) is 11.5. The van der Waals surface area contributed by atoms with Gasteiger partial charge in [0.25, 0.3) is 0 Å². The third-order valence-corrected chi connectivity index (χ3v) is 6.33. The van der Waals surface area contributed by atoms with E-state index in [9.17, 15) is 31.1 Å². The average Bonchev–Trinajstić information content (AvgIpc) is 3.40. The van der Waals surface area contributed by atoms with Gasteiger partial charge in [-0.15, -0.1) is 13.2 Å². The number of alkyl halides is 6. The van der Waals surface area contributed by atoms with Crippen molar-refractivity contribution in [3.05, 3.63) is 59.7 Å². The van der Waals surface area contributed by atoms with E-state index in [1.165, 1.54) is 31.5 Å². The molecule has 15 heteroatoms. The number of fused-ring (bicyclic) bond motifs is 2. The summed E-state index contributed by atoms with van der Waals surface area (Å²) in [5, 5.41) is 2.63. The van der Waals surface area contributed by atoms with Crippen LogP contribution in [0.15, 0.2) is 42.9 Å². The zero-order chi connectivity index (χ0) is 28.2. The Balaban J connectivity index is 1.51. The Bertz CT molecular complexity index is 1570. The van der Waals surface area contributed by atoms with Crippen LogP contribution in [0.2, 0.25) is 0 Å². The second-order valence-electron chi connectivity index (χ2n) is 9.01. The number of ether oxygens (including phenoxy) is 1. The molecule has 1 atom stereocenters. The lowest BCUT2D eigenvalue weighted by Crippen LogP contribution is -2.33. The van der Waals surface area contributed by atoms with Crippen molar-refractivity contribution >= 4 is 23.2 Å². The number of hydrogen-bond donors (Lipinski definition) is 2. The monoisotopic (exact) mass is 551 g/mol. The van der Waals surface area contributed by atoms with Crippen LogP contribution in [0.3, 0.4) is 0 Å². The van der Waals surface area contributed by atoms with E-state index in [1.54, 1.807) is 10.6 Å². The molecule has 3 aromatic heterocycles. The summed E-state index contributed by atoms with van der Waals surface area (Å²) in [7, 11) is 0. The first-order chi connectivity index (χ1) is 18.2. The molecule has 0 aliphatic carbocycles. The highest BCUT2D eigenvalue weighted by Crippen LogP contribution is 2.45. The number of nitrogens with two attached hydrogens (primary N) is 1. The summed E-state index contributed by atoms with van der Waals surface area (Å²) in [5.41, 5.74) is 6.25. The molecule has 0 saturated carbocycles. The minimum absolute atomic E-state index is 0.00284. The van der Waals surface area contributed by atoms with Crippen molar-refractivity contribution in [2.75, 3.05) is 11.1 Å². The number of aryl methyl sites for hydroxylation is 1. The Morgan fingerprint density at radius 1 is 1.08 bits per heavy atom. The Morgan fingerprint density at radius 2 is 1.79 bits per heavy atom. The molecule has 1 aromatic carbocycles. The summed E-state index contributed by atoms with van der Waals surface area (Å²) in [6.45, 7) is 1.53. The fourth-order valence-corrected chi connectivity index (χ4v) is 4.52. The largest absolute Gasteiger partial charge is 0.573 e. The van der Waals surface area contributed by atoms with Gasteiger partial charge >= 0.3 is 12.5 Å². The molecule has 0 fully saturated rings. The van der Waals surface area contributed by atoms with Crippen molar-refractivity contribution < 1.29 is 35.9 Å². The SMILES string of the molecule is CC1(c2ccc(OC(F)(F)F)cc2)C(=O)Nc2nc(-c3cn4ccnc4c(CCCC(F)(F)F)n3)nc(N)c21. The smallest absolute Gasteiger partial charge is 0.406 e. The van der Waals surface area contributed by atoms with Gasteiger partial charge in [0.15, 0.2) is 11.5 Å². The van der Waals surface area contributed by atoms with Crippen LogP contribution in [0.4, 0.5) is 38.0 Å². The molecule has 1 aliphatic rings. The van der Waals surface area contributed by atoms with Crippen molar-refractivity contribution in [2.24, 2.45) is 0 Å². The van der Waals surface area contributed by atoms with Crippen LogP contribution < -0.4 is 15.8 Å². The normalized spacial score (nSPS) is 17.4. The van der Waals surface area contributed by atoms with E-state index in [4.69, 9.17) is 5.73 Å². The number of anilines is 2. The predicted octanol–water partition coefficient (Wildman–Crippen LogP) is 4.81. The molecule has 9 nitrogen and oxygen atoms in total. The summed E-state index contributed by atoms with van der Waals surface area (Å²) in [5.74, 6) is -0.993. The van der Waals surface area contributed by atoms with Crippen LogP contribution in [-0.4, -0.2) is 42.8 Å². The van der Waals surface area contributed by atoms with E-state index in [1.807, 2.05) is 0 Å². The summed E-state index contributed by atoms with van der Waals surface area (Å²) < 4.78 is 81.1. The van der Waals surface area contributed by atoms with Gasteiger partial charge in [-0.2, -0.15) is 13.2 Å². The molecule has 0 saturated heterocycles. The molecule has 0 radical (unpaired) electrons. The maximum Gasteiger partial charge on any atom is 0.573 e. The summed E-state index contributed by atoms with van der Waals surface area (Å²) in [6.07, 6.45) is -5.76. The number of carbonyl (C=O) groups is 1. The standard InChI is InChI=1S/C24H19F6N7O2/c1-22(12-4-6-13(7-5-12)39-24(28,29)30)16-17(31)34-18(35-19(16)36-21(22)38)15-11-37-10-9-32-20(37)14(33-15)3-2-8-23(25,26)27/h4-7,9-11H,2-3,8H2,1H3,(H3,31,34,35,36,38). The number of benzene rings is 1. The highest BCUT2D eigenvalue weighted by molar-refractivity contribution is 6.09. The number of nitrogens with zero attached hydrogens (tertiary/aromatic N) is 5. The van der Waals surface area contributed by atoms with Crippen molar-refractivity contribution in [2.45, 2.75) is 44.1 Å². The van der Waals surface area contributed by atoms with E-state index >= 15 is 0 Å². The quantitative estimate of drug-likeness (QED) is 0.330. The molecule has 1 amide bonds. The Hall–Kier alpha value is -4.43. The maximum atomic E-state index is 13.1. The zero-order valence-corrected chi connectivity index (χ0v) is 20.1. The van der Waals surface area contributed by atoms with E-state index in [2.05, 4.69) is 30.0 Å². The van der Waals surface area contributed by atoms with Gasteiger partial charge < -0.3 is 20.2 Å². The first kappa shape index (κ1) is 26.2. The van der Waals surface area contributed by atoms with Crippen molar-refractivity contribution in [1.82, 2.24) is 24.3 Å². The van der Waals surface area contributed by atoms with Crippen LogP contribution in [0, 0.1) is 0 Å². The fraction of sp³-hybridized carbons (Fsp3) is 0.292. The number of imidazole rings is 1. The highest BCUT2D eigenvalue weighted by Gasteiger charge is 2.47. The second-order valence-corrected chi connectivity index (χ2v) is 9.01. The van der Waals surface area contributed by atoms with Gasteiger partial charge in [-0.1, -0.05) is 12.1 Å². The first-order valence-electron chi connectivity index (χ1n) is 11.5. The number of hydrogen-bond acceptors (Lipinski definition) is 7. The lowest BCUT2D eigenvalue weighted by Gasteiger charge is -2.23. The van der Waals surface area contributed by atoms with Crippen LogP contribution in [0.1, 0.15) is 36.6 Å². The summed E-state index contributed by atoms with van der Waals surface area (Å²) in [4.78, 5) is 30.4. The van der Waals surface area contributed by atoms with Crippen LogP contribution in [0.25, 0.3) is 17.2 Å². The Kier molecular flexibility index (Phi) is 6.11. The van der Waals surface area contributed by atoms with Gasteiger partial charge in [0.2, 0.25) is 5.91 Å². The molecule has 0 bridgehead atoms. The lowest BCUT2D eigenvalue weighted by atomic mass is 9.78. The number of carbonyl (C=O) groups excluding carboxylic acids is 1. The Labute approximate surface area is 216 Å². The molecular formula is C24H19F6N7O2. The van der Waals surface area contributed by atoms with Crippen LogP contribution in [-0.2, 0) is 16.6 Å². The molecule has 3 N–H and O–H groups in total. The Morgan fingerprint density at radius 3 is 2.46 bits per heavy atom. The molecule has 5 rings (SSSR count). The van der Waals surface area contributed by atoms with Gasteiger partial charge in [0.05, 0.1) is 11.3 Å². The van der Waals surface area contributed by atoms with Gasteiger partial charge in [0.1, 0.15) is 28.5 Å². The number of nitrogen functional groups attached to an aromatic ring is 1. The van der Waals surface area contributed by atoms with Crippen LogP contribution >= 0.6 is 0 Å². The average molecular weight is 551 g/mol. The molecule has 204 valence electrons. The van der Waals surface area contributed by atoms with Gasteiger partial charge in [-0.25, -0.2) is 19.9 Å². The number of rotatable bonds is 6. The summed E-state index contributed by atoms with van der Waals surface area (Å²) >= 11 is 0. The molecule has 39 heavy (non-hydrogen) atoms. The number of amides is 1. The van der Waals surface area contributed by atoms with Crippen LogP contribution in [0.5, 0.6) is 5.75 Å². The van der Waals surface area contributed by atoms with E-state index in [-0.39, 0.29) is 41.6 Å².